The highest BCUT2D eigenvalue weighted by atomic mass is 79.9. The molecule has 0 unspecified atom stereocenters. The van der Waals surface area contributed by atoms with Crippen molar-refractivity contribution in [1.29, 1.82) is 0 Å². The summed E-state index contributed by atoms with van der Waals surface area (Å²) in [6, 6.07) is 8.71. The fourth-order valence-electron chi connectivity index (χ4n) is 2.22. The van der Waals surface area contributed by atoms with Gasteiger partial charge in [0.25, 0.3) is 17.5 Å². The number of nitro benzene ring substituents is 1. The number of amides is 2. The summed E-state index contributed by atoms with van der Waals surface area (Å²) in [5.74, 6) is -0.919. The first-order valence-corrected chi connectivity index (χ1v) is 7.61. The van der Waals surface area contributed by atoms with Crippen molar-refractivity contribution in [3.05, 3.63) is 66.6 Å². The van der Waals surface area contributed by atoms with E-state index in [1.54, 1.807) is 18.2 Å². The van der Waals surface area contributed by atoms with Crippen LogP contribution in [0.5, 0.6) is 0 Å². The molecule has 0 saturated heterocycles. The van der Waals surface area contributed by atoms with Crippen LogP contribution < -0.4 is 4.90 Å². The molecule has 0 aromatic heterocycles. The normalized spacial score (nSPS) is 13.5. The number of hydrogen-bond acceptors (Lipinski definition) is 4. The largest absolute Gasteiger partial charge is 0.270 e. The summed E-state index contributed by atoms with van der Waals surface area (Å²) in [7, 11) is 0. The van der Waals surface area contributed by atoms with Crippen LogP contribution >= 0.6 is 31.9 Å². The van der Waals surface area contributed by atoms with Crippen LogP contribution in [0.1, 0.15) is 20.7 Å². The van der Waals surface area contributed by atoms with Crippen LogP contribution in [0, 0.1) is 10.1 Å². The van der Waals surface area contributed by atoms with Crippen molar-refractivity contribution in [1.82, 2.24) is 0 Å². The average molecular weight is 426 g/mol. The number of imide groups is 1. The summed E-state index contributed by atoms with van der Waals surface area (Å²) in [5, 5.41) is 10.8. The first-order valence-electron chi connectivity index (χ1n) is 6.02. The Morgan fingerprint density at radius 1 is 0.955 bits per heavy atom. The smallest absolute Gasteiger partial charge is 0.268 e. The van der Waals surface area contributed by atoms with E-state index in [1.165, 1.54) is 18.2 Å². The van der Waals surface area contributed by atoms with Crippen molar-refractivity contribution >= 4 is 55.0 Å². The molecule has 0 radical (unpaired) electrons. The third kappa shape index (κ3) is 2.24. The fourth-order valence-corrected chi connectivity index (χ4v) is 3.13. The summed E-state index contributed by atoms with van der Waals surface area (Å²) in [6.45, 7) is 0. The van der Waals surface area contributed by atoms with Gasteiger partial charge in [0.1, 0.15) is 0 Å². The van der Waals surface area contributed by atoms with Crippen LogP contribution in [0.25, 0.3) is 0 Å². The fraction of sp³-hybridized carbons (Fsp3) is 0. The minimum atomic E-state index is -0.548. The summed E-state index contributed by atoms with van der Waals surface area (Å²) in [4.78, 5) is 36.1. The minimum absolute atomic E-state index is 0.130. The lowest BCUT2D eigenvalue weighted by Gasteiger charge is -2.15. The second-order valence-corrected chi connectivity index (χ2v) is 6.30. The lowest BCUT2D eigenvalue weighted by Crippen LogP contribution is -2.29. The molecule has 0 bridgehead atoms. The lowest BCUT2D eigenvalue weighted by molar-refractivity contribution is -0.384. The Kier molecular flexibility index (Phi) is 3.57. The van der Waals surface area contributed by atoms with Crippen LogP contribution in [-0.4, -0.2) is 16.7 Å². The van der Waals surface area contributed by atoms with Crippen LogP contribution in [-0.2, 0) is 0 Å². The molecule has 0 atom stereocenters. The van der Waals surface area contributed by atoms with Crippen molar-refractivity contribution in [2.75, 3.05) is 4.90 Å². The summed E-state index contributed by atoms with van der Waals surface area (Å²) in [6.07, 6.45) is 0. The third-order valence-corrected chi connectivity index (χ3v) is 4.36. The predicted molar refractivity (Wildman–Crippen MR) is 86.1 cm³/mol. The van der Waals surface area contributed by atoms with Gasteiger partial charge in [0.05, 0.1) is 21.7 Å². The van der Waals surface area contributed by atoms with Gasteiger partial charge in [-0.2, -0.15) is 0 Å². The van der Waals surface area contributed by atoms with Crippen LogP contribution in [0.15, 0.2) is 45.3 Å². The Labute approximate surface area is 141 Å². The zero-order valence-corrected chi connectivity index (χ0v) is 13.9. The number of carbonyl (C=O) groups is 2. The van der Waals surface area contributed by atoms with E-state index in [2.05, 4.69) is 31.9 Å². The van der Waals surface area contributed by atoms with Gasteiger partial charge in [-0.15, -0.1) is 0 Å². The van der Waals surface area contributed by atoms with Crippen LogP contribution in [0.4, 0.5) is 11.4 Å². The molecule has 8 heteroatoms. The monoisotopic (exact) mass is 424 g/mol. The van der Waals surface area contributed by atoms with Gasteiger partial charge in [0, 0.05) is 21.1 Å². The maximum absolute atomic E-state index is 12.5. The Morgan fingerprint density at radius 3 is 2.27 bits per heavy atom. The summed E-state index contributed by atoms with van der Waals surface area (Å²) < 4.78 is 0.993. The van der Waals surface area contributed by atoms with Gasteiger partial charge >= 0.3 is 0 Å². The Bertz CT molecular complexity index is 851. The zero-order chi connectivity index (χ0) is 16.0. The van der Waals surface area contributed by atoms with E-state index in [-0.39, 0.29) is 11.4 Å². The first kappa shape index (κ1) is 14.9. The molecule has 110 valence electrons. The molecule has 0 aliphatic carbocycles. The molecular weight excluding hydrogens is 420 g/mol. The highest BCUT2D eigenvalue weighted by Gasteiger charge is 2.37. The van der Waals surface area contributed by atoms with Crippen LogP contribution in [0.2, 0.25) is 0 Å². The van der Waals surface area contributed by atoms with E-state index >= 15 is 0 Å². The van der Waals surface area contributed by atoms with Crippen molar-refractivity contribution in [3.63, 3.8) is 0 Å². The van der Waals surface area contributed by atoms with E-state index in [0.717, 1.165) is 4.90 Å². The summed E-state index contributed by atoms with van der Waals surface area (Å²) >= 11 is 6.44. The average Bonchev–Trinajstić information content (AvgIpc) is 2.71. The standard InChI is InChI=1S/C14H6Br2N2O4/c15-7-1-3-9-10(5-7)14(20)17(13(9)19)12-4-2-8(18(21)22)6-11(12)16/h1-6H. The molecule has 0 spiro atoms. The molecule has 2 amide bonds. The van der Waals surface area contributed by atoms with Gasteiger partial charge in [0.2, 0.25) is 0 Å². The van der Waals surface area contributed by atoms with E-state index in [4.69, 9.17) is 0 Å². The predicted octanol–water partition coefficient (Wildman–Crippen LogP) is 3.92. The molecule has 0 fully saturated rings. The maximum atomic E-state index is 12.5. The number of non-ortho nitro benzene ring substituents is 1. The van der Waals surface area contributed by atoms with E-state index < -0.39 is 16.7 Å². The first-order chi connectivity index (χ1) is 10.4. The van der Waals surface area contributed by atoms with Crippen molar-refractivity contribution in [3.8, 4) is 0 Å². The Hall–Kier alpha value is -2.06. The number of hydrogen-bond donors (Lipinski definition) is 0. The Balaban J connectivity index is 2.09. The number of nitro groups is 1. The molecule has 0 saturated carbocycles. The van der Waals surface area contributed by atoms with Crippen LogP contribution in [0.3, 0.4) is 0 Å². The van der Waals surface area contributed by atoms with Gasteiger partial charge in [0.15, 0.2) is 0 Å². The molecule has 1 heterocycles. The third-order valence-electron chi connectivity index (χ3n) is 3.23. The molecule has 2 aromatic carbocycles. The second kappa shape index (κ2) is 5.29. The number of carbonyl (C=O) groups excluding carboxylic acids is 2. The van der Waals surface area contributed by atoms with Gasteiger partial charge < -0.3 is 0 Å². The number of nitrogens with zero attached hydrogens (tertiary/aromatic N) is 2. The molecule has 6 nitrogen and oxygen atoms in total. The number of benzene rings is 2. The lowest BCUT2D eigenvalue weighted by atomic mass is 10.1. The van der Waals surface area contributed by atoms with Gasteiger partial charge in [-0.3, -0.25) is 19.7 Å². The highest BCUT2D eigenvalue weighted by molar-refractivity contribution is 9.10. The second-order valence-electron chi connectivity index (χ2n) is 4.53. The number of rotatable bonds is 2. The van der Waals surface area contributed by atoms with Gasteiger partial charge in [-0.25, -0.2) is 4.90 Å². The highest BCUT2D eigenvalue weighted by Crippen LogP contribution is 2.36. The number of fused-ring (bicyclic) bond motifs is 1. The van der Waals surface area contributed by atoms with Gasteiger partial charge in [-0.1, -0.05) is 15.9 Å². The van der Waals surface area contributed by atoms with Crippen molar-refractivity contribution < 1.29 is 14.5 Å². The van der Waals surface area contributed by atoms with Crippen molar-refractivity contribution in [2.24, 2.45) is 0 Å². The molecule has 0 N–H and O–H groups in total. The van der Waals surface area contributed by atoms with Gasteiger partial charge in [-0.05, 0) is 40.2 Å². The Morgan fingerprint density at radius 2 is 1.64 bits per heavy atom. The van der Waals surface area contributed by atoms with E-state index in [0.29, 0.717) is 20.1 Å². The molecule has 3 rings (SSSR count). The SMILES string of the molecule is O=C1c2ccc(Br)cc2C(=O)N1c1ccc([N+](=O)[O-])cc1Br. The molecule has 1 aliphatic heterocycles. The molecule has 22 heavy (non-hydrogen) atoms. The van der Waals surface area contributed by atoms with E-state index in [1.807, 2.05) is 0 Å². The quantitative estimate of drug-likeness (QED) is 0.415. The topological polar surface area (TPSA) is 80.5 Å². The minimum Gasteiger partial charge on any atom is -0.268 e. The summed E-state index contributed by atoms with van der Waals surface area (Å²) in [5.41, 5.74) is 0.742. The number of anilines is 1. The molecule has 1 aliphatic rings. The van der Waals surface area contributed by atoms with Crippen molar-refractivity contribution in [2.45, 2.75) is 0 Å². The van der Waals surface area contributed by atoms with E-state index in [9.17, 15) is 19.7 Å². The number of halogens is 2. The molecular formula is C14H6Br2N2O4. The molecule has 2 aromatic rings. The maximum Gasteiger partial charge on any atom is 0.270 e. The zero-order valence-electron chi connectivity index (χ0n) is 10.7.